The number of piperazine rings is 1. The van der Waals surface area contributed by atoms with E-state index >= 15 is 0 Å². The van der Waals surface area contributed by atoms with Gasteiger partial charge in [-0.15, -0.1) is 0 Å². The highest BCUT2D eigenvalue weighted by atomic mass is 16.2. The van der Waals surface area contributed by atoms with E-state index in [1.807, 2.05) is 23.7 Å². The zero-order valence-corrected chi connectivity index (χ0v) is 15.0. The Kier molecular flexibility index (Phi) is 4.35. The standard InChI is InChI=1S/C18H20N6O3/c1-22-11-19-14-10-12(2-4-15(14)22)17(26)23-6-8-24(9-7-23)18(27)13-3-5-16(25)21-20-13/h2,4,10-11H,3,5-9H2,1H3,(H,21,25). The molecule has 0 bridgehead atoms. The van der Waals surface area contributed by atoms with Crippen molar-refractivity contribution in [1.82, 2.24) is 24.8 Å². The number of nitrogens with zero attached hydrogens (tertiary/aromatic N) is 5. The van der Waals surface area contributed by atoms with Crippen LogP contribution in [0.25, 0.3) is 11.0 Å². The molecule has 1 aromatic carbocycles. The van der Waals surface area contributed by atoms with Crippen LogP contribution in [0.1, 0.15) is 23.2 Å². The summed E-state index contributed by atoms with van der Waals surface area (Å²) in [7, 11) is 1.91. The van der Waals surface area contributed by atoms with E-state index in [4.69, 9.17) is 0 Å². The summed E-state index contributed by atoms with van der Waals surface area (Å²) in [5.41, 5.74) is 5.08. The van der Waals surface area contributed by atoms with Gasteiger partial charge in [0.25, 0.3) is 11.8 Å². The first-order valence-electron chi connectivity index (χ1n) is 8.88. The lowest BCUT2D eigenvalue weighted by molar-refractivity contribution is -0.126. The molecule has 140 valence electrons. The number of hydrogen-bond acceptors (Lipinski definition) is 5. The minimum atomic E-state index is -0.174. The molecule has 1 saturated heterocycles. The monoisotopic (exact) mass is 368 g/mol. The Morgan fingerprint density at radius 1 is 1.04 bits per heavy atom. The van der Waals surface area contributed by atoms with E-state index in [1.54, 1.807) is 22.2 Å². The molecule has 0 spiro atoms. The maximum atomic E-state index is 12.8. The van der Waals surface area contributed by atoms with Crippen LogP contribution in [0.15, 0.2) is 29.6 Å². The van der Waals surface area contributed by atoms with Crippen molar-refractivity contribution in [3.05, 3.63) is 30.1 Å². The molecule has 0 atom stereocenters. The van der Waals surface area contributed by atoms with Gasteiger partial charge in [0.1, 0.15) is 5.71 Å². The summed E-state index contributed by atoms with van der Waals surface area (Å²) < 4.78 is 1.91. The predicted octanol–water partition coefficient (Wildman–Crippen LogP) is 0.124. The van der Waals surface area contributed by atoms with Gasteiger partial charge in [-0.05, 0) is 18.2 Å². The average molecular weight is 368 g/mol. The lowest BCUT2D eigenvalue weighted by atomic mass is 10.1. The van der Waals surface area contributed by atoms with Gasteiger partial charge < -0.3 is 14.4 Å². The zero-order valence-electron chi connectivity index (χ0n) is 15.0. The number of hydrazone groups is 1. The minimum Gasteiger partial charge on any atom is -0.335 e. The largest absolute Gasteiger partial charge is 0.335 e. The van der Waals surface area contributed by atoms with Crippen LogP contribution < -0.4 is 5.43 Å². The molecular weight excluding hydrogens is 348 g/mol. The second-order valence-corrected chi connectivity index (χ2v) is 6.74. The van der Waals surface area contributed by atoms with Crippen LogP contribution in [0.4, 0.5) is 0 Å². The summed E-state index contributed by atoms with van der Waals surface area (Å²) in [6.45, 7) is 1.82. The molecule has 3 amide bonds. The van der Waals surface area contributed by atoms with Crippen molar-refractivity contribution in [2.45, 2.75) is 12.8 Å². The highest BCUT2D eigenvalue weighted by Gasteiger charge is 2.28. The van der Waals surface area contributed by atoms with Crippen LogP contribution in [0.3, 0.4) is 0 Å². The summed E-state index contributed by atoms with van der Waals surface area (Å²) >= 11 is 0. The minimum absolute atomic E-state index is 0.0584. The third-order valence-corrected chi connectivity index (χ3v) is 4.98. The van der Waals surface area contributed by atoms with E-state index < -0.39 is 0 Å². The summed E-state index contributed by atoms with van der Waals surface area (Å²) in [6, 6.07) is 5.50. The van der Waals surface area contributed by atoms with Gasteiger partial charge in [-0.1, -0.05) is 0 Å². The fraction of sp³-hybridized carbons (Fsp3) is 0.389. The fourth-order valence-electron chi connectivity index (χ4n) is 3.38. The van der Waals surface area contributed by atoms with E-state index in [-0.39, 0.29) is 24.1 Å². The molecule has 0 radical (unpaired) electrons. The van der Waals surface area contributed by atoms with Gasteiger partial charge >= 0.3 is 0 Å². The number of fused-ring (bicyclic) bond motifs is 1. The number of carbonyl (C=O) groups is 3. The van der Waals surface area contributed by atoms with Crippen LogP contribution in [-0.4, -0.2) is 69.0 Å². The molecule has 9 nitrogen and oxygen atoms in total. The lowest BCUT2D eigenvalue weighted by Crippen LogP contribution is -2.52. The Morgan fingerprint density at radius 3 is 2.41 bits per heavy atom. The molecule has 27 heavy (non-hydrogen) atoms. The molecule has 1 fully saturated rings. The van der Waals surface area contributed by atoms with E-state index in [0.717, 1.165) is 11.0 Å². The summed E-state index contributed by atoms with van der Waals surface area (Å²) in [5.74, 6) is -0.402. The number of rotatable bonds is 2. The quantitative estimate of drug-likeness (QED) is 0.814. The third-order valence-electron chi connectivity index (χ3n) is 4.98. The van der Waals surface area contributed by atoms with Crippen molar-refractivity contribution in [2.24, 2.45) is 12.1 Å². The number of hydrogen-bond donors (Lipinski definition) is 1. The van der Waals surface area contributed by atoms with Crippen molar-refractivity contribution in [3.63, 3.8) is 0 Å². The van der Waals surface area contributed by atoms with Gasteiger partial charge in [-0.3, -0.25) is 14.4 Å². The maximum absolute atomic E-state index is 12.8. The molecule has 2 aliphatic heterocycles. The number of carbonyl (C=O) groups excluding carboxylic acids is 3. The first-order valence-corrected chi connectivity index (χ1v) is 8.88. The highest BCUT2D eigenvalue weighted by molar-refractivity contribution is 6.39. The van der Waals surface area contributed by atoms with Gasteiger partial charge in [0, 0.05) is 51.6 Å². The van der Waals surface area contributed by atoms with E-state index in [2.05, 4.69) is 15.5 Å². The summed E-state index contributed by atoms with van der Waals surface area (Å²) in [6.07, 6.45) is 2.35. The Hall–Kier alpha value is -3.23. The van der Waals surface area contributed by atoms with Crippen molar-refractivity contribution in [1.29, 1.82) is 0 Å². The average Bonchev–Trinajstić information content (AvgIpc) is 3.08. The predicted molar refractivity (Wildman–Crippen MR) is 98.0 cm³/mol. The molecule has 9 heteroatoms. The zero-order chi connectivity index (χ0) is 19.0. The van der Waals surface area contributed by atoms with Crippen molar-refractivity contribution < 1.29 is 14.4 Å². The van der Waals surface area contributed by atoms with Gasteiger partial charge in [0.05, 0.1) is 17.4 Å². The smallest absolute Gasteiger partial charge is 0.270 e. The van der Waals surface area contributed by atoms with Crippen LogP contribution in [0.2, 0.25) is 0 Å². The molecule has 3 heterocycles. The van der Waals surface area contributed by atoms with Crippen LogP contribution in [0.5, 0.6) is 0 Å². The Balaban J connectivity index is 1.40. The second kappa shape index (κ2) is 6.82. The first kappa shape index (κ1) is 17.2. The fourth-order valence-corrected chi connectivity index (χ4v) is 3.38. The van der Waals surface area contributed by atoms with Gasteiger partial charge in [0.15, 0.2) is 0 Å². The van der Waals surface area contributed by atoms with Gasteiger partial charge in [-0.25, -0.2) is 10.4 Å². The molecule has 2 aromatic rings. The molecule has 4 rings (SSSR count). The van der Waals surface area contributed by atoms with Crippen molar-refractivity contribution in [3.8, 4) is 0 Å². The Labute approximate surface area is 155 Å². The molecule has 2 aliphatic rings. The molecule has 0 aliphatic carbocycles. The molecule has 0 saturated carbocycles. The SMILES string of the molecule is Cn1cnc2cc(C(=O)N3CCN(C(=O)C4=NNC(=O)CC4)CC3)ccc21. The van der Waals surface area contributed by atoms with E-state index in [1.165, 1.54) is 0 Å². The van der Waals surface area contributed by atoms with Crippen LogP contribution in [0, 0.1) is 0 Å². The van der Waals surface area contributed by atoms with Crippen LogP contribution >= 0.6 is 0 Å². The van der Waals surface area contributed by atoms with E-state index in [9.17, 15) is 14.4 Å². The lowest BCUT2D eigenvalue weighted by Gasteiger charge is -2.35. The topological polar surface area (TPSA) is 99.9 Å². The summed E-state index contributed by atoms with van der Waals surface area (Å²) in [4.78, 5) is 44.1. The van der Waals surface area contributed by atoms with E-state index in [0.29, 0.717) is 43.9 Å². The van der Waals surface area contributed by atoms with Gasteiger partial charge in [0.2, 0.25) is 5.91 Å². The van der Waals surface area contributed by atoms with Gasteiger partial charge in [-0.2, -0.15) is 5.10 Å². The molecule has 1 aromatic heterocycles. The summed E-state index contributed by atoms with van der Waals surface area (Å²) in [5, 5.41) is 3.85. The number of imidazole rings is 1. The maximum Gasteiger partial charge on any atom is 0.270 e. The van der Waals surface area contributed by atoms with Crippen LogP contribution in [-0.2, 0) is 16.6 Å². The normalized spacial score (nSPS) is 17.7. The Bertz CT molecular complexity index is 955. The molecule has 0 unspecified atom stereocenters. The van der Waals surface area contributed by atoms with Crippen molar-refractivity contribution in [2.75, 3.05) is 26.2 Å². The second-order valence-electron chi connectivity index (χ2n) is 6.74. The number of benzene rings is 1. The third kappa shape index (κ3) is 3.27. The Morgan fingerprint density at radius 2 is 1.74 bits per heavy atom. The highest BCUT2D eigenvalue weighted by Crippen LogP contribution is 2.16. The molecule has 1 N–H and O–H groups in total. The number of aromatic nitrogens is 2. The number of amides is 3. The number of nitrogens with one attached hydrogen (secondary N) is 1. The van der Waals surface area contributed by atoms with Crippen molar-refractivity contribution >= 4 is 34.5 Å². The first-order chi connectivity index (χ1) is 13.0. The number of aryl methyl sites for hydroxylation is 1. The molecular formula is C18H20N6O3.